The van der Waals surface area contributed by atoms with Gasteiger partial charge in [0, 0.05) is 31.9 Å². The van der Waals surface area contributed by atoms with Crippen molar-refractivity contribution < 1.29 is 0 Å². The molecule has 1 unspecified atom stereocenters. The molecule has 3 heteroatoms. The molecule has 1 aliphatic rings. The number of rotatable bonds is 3. The SMILES string of the molecule is Cc1ccncc1N1CCNC(CC(C)C)C1. The van der Waals surface area contributed by atoms with Gasteiger partial charge in [0.05, 0.1) is 11.9 Å². The highest BCUT2D eigenvalue weighted by Gasteiger charge is 2.21. The Bertz CT molecular complexity index is 362. The van der Waals surface area contributed by atoms with Gasteiger partial charge in [-0.1, -0.05) is 13.8 Å². The maximum absolute atomic E-state index is 4.24. The van der Waals surface area contributed by atoms with E-state index < -0.39 is 0 Å². The van der Waals surface area contributed by atoms with Crippen molar-refractivity contribution in [3.63, 3.8) is 0 Å². The highest BCUT2D eigenvalue weighted by Crippen LogP contribution is 2.20. The molecule has 0 bridgehead atoms. The summed E-state index contributed by atoms with van der Waals surface area (Å²) in [4.78, 5) is 6.71. The highest BCUT2D eigenvalue weighted by molar-refractivity contribution is 5.51. The zero-order valence-corrected chi connectivity index (χ0v) is 11.1. The van der Waals surface area contributed by atoms with E-state index in [4.69, 9.17) is 0 Å². The molecule has 1 saturated heterocycles. The Hall–Kier alpha value is -1.09. The quantitative estimate of drug-likeness (QED) is 0.867. The summed E-state index contributed by atoms with van der Waals surface area (Å²) in [5.41, 5.74) is 2.62. The van der Waals surface area contributed by atoms with E-state index in [-0.39, 0.29) is 0 Å². The lowest BCUT2D eigenvalue weighted by Crippen LogP contribution is -2.51. The van der Waals surface area contributed by atoms with Gasteiger partial charge in [-0.15, -0.1) is 0 Å². The van der Waals surface area contributed by atoms with Crippen LogP contribution in [0.1, 0.15) is 25.8 Å². The van der Waals surface area contributed by atoms with E-state index in [2.05, 4.69) is 42.0 Å². The van der Waals surface area contributed by atoms with Crippen molar-refractivity contribution >= 4 is 5.69 Å². The van der Waals surface area contributed by atoms with E-state index in [9.17, 15) is 0 Å². The number of hydrogen-bond donors (Lipinski definition) is 1. The van der Waals surface area contributed by atoms with E-state index >= 15 is 0 Å². The van der Waals surface area contributed by atoms with Crippen LogP contribution in [0.2, 0.25) is 0 Å². The first-order valence-corrected chi connectivity index (χ1v) is 6.55. The summed E-state index contributed by atoms with van der Waals surface area (Å²) < 4.78 is 0. The monoisotopic (exact) mass is 233 g/mol. The maximum atomic E-state index is 4.24. The summed E-state index contributed by atoms with van der Waals surface area (Å²) in [5.74, 6) is 0.752. The maximum Gasteiger partial charge on any atom is 0.0583 e. The predicted octanol–water partition coefficient (Wildman–Crippen LogP) is 2.21. The summed E-state index contributed by atoms with van der Waals surface area (Å²) >= 11 is 0. The van der Waals surface area contributed by atoms with E-state index in [1.54, 1.807) is 0 Å². The van der Waals surface area contributed by atoms with Crippen molar-refractivity contribution in [2.75, 3.05) is 24.5 Å². The third-order valence-electron chi connectivity index (χ3n) is 3.36. The van der Waals surface area contributed by atoms with Gasteiger partial charge in [0.25, 0.3) is 0 Å². The van der Waals surface area contributed by atoms with Crippen LogP contribution < -0.4 is 10.2 Å². The molecule has 0 saturated carbocycles. The Morgan fingerprint density at radius 1 is 1.53 bits per heavy atom. The van der Waals surface area contributed by atoms with Gasteiger partial charge in [0.2, 0.25) is 0 Å². The van der Waals surface area contributed by atoms with E-state index in [0.29, 0.717) is 6.04 Å². The summed E-state index contributed by atoms with van der Waals surface area (Å²) in [7, 11) is 0. The number of nitrogens with one attached hydrogen (secondary N) is 1. The van der Waals surface area contributed by atoms with Crippen molar-refractivity contribution in [3.8, 4) is 0 Å². The second-order valence-corrected chi connectivity index (χ2v) is 5.39. The fourth-order valence-electron chi connectivity index (χ4n) is 2.56. The summed E-state index contributed by atoms with van der Waals surface area (Å²) in [6, 6.07) is 2.71. The Morgan fingerprint density at radius 2 is 2.35 bits per heavy atom. The first-order chi connectivity index (χ1) is 8.16. The number of nitrogens with zero attached hydrogens (tertiary/aromatic N) is 2. The molecule has 2 heterocycles. The molecule has 17 heavy (non-hydrogen) atoms. The number of anilines is 1. The normalized spacial score (nSPS) is 20.9. The molecule has 1 fully saturated rings. The van der Waals surface area contributed by atoms with Gasteiger partial charge >= 0.3 is 0 Å². The number of pyridine rings is 1. The van der Waals surface area contributed by atoms with E-state index in [0.717, 1.165) is 25.6 Å². The summed E-state index contributed by atoms with van der Waals surface area (Å²) in [6.07, 6.45) is 5.11. The minimum atomic E-state index is 0.614. The second kappa shape index (κ2) is 5.50. The van der Waals surface area contributed by atoms with Crippen LogP contribution in [0.25, 0.3) is 0 Å². The molecule has 1 aromatic rings. The lowest BCUT2D eigenvalue weighted by atomic mass is 10.0. The van der Waals surface area contributed by atoms with Crippen LogP contribution in [0.3, 0.4) is 0 Å². The molecule has 1 aliphatic heterocycles. The van der Waals surface area contributed by atoms with Gasteiger partial charge in [-0.2, -0.15) is 0 Å². The molecule has 2 rings (SSSR count). The van der Waals surface area contributed by atoms with Gasteiger partial charge in [0.15, 0.2) is 0 Å². The van der Waals surface area contributed by atoms with Gasteiger partial charge < -0.3 is 10.2 Å². The Balaban J connectivity index is 2.04. The van der Waals surface area contributed by atoms with Gasteiger partial charge in [0.1, 0.15) is 0 Å². The molecule has 0 aromatic carbocycles. The molecule has 0 spiro atoms. The van der Waals surface area contributed by atoms with Crippen LogP contribution in [0.4, 0.5) is 5.69 Å². The van der Waals surface area contributed by atoms with Crippen LogP contribution in [0, 0.1) is 12.8 Å². The Morgan fingerprint density at radius 3 is 3.06 bits per heavy atom. The molecule has 94 valence electrons. The highest BCUT2D eigenvalue weighted by atomic mass is 15.2. The van der Waals surface area contributed by atoms with Crippen LogP contribution in [0.15, 0.2) is 18.5 Å². The third kappa shape index (κ3) is 3.19. The fraction of sp³-hybridized carbons (Fsp3) is 0.643. The zero-order chi connectivity index (χ0) is 12.3. The summed E-state index contributed by atoms with van der Waals surface area (Å²) in [6.45, 7) is 10.00. The number of piperazine rings is 1. The van der Waals surface area contributed by atoms with Crippen molar-refractivity contribution in [2.24, 2.45) is 5.92 Å². The molecule has 0 amide bonds. The predicted molar refractivity (Wildman–Crippen MR) is 72.4 cm³/mol. The number of aromatic nitrogens is 1. The minimum absolute atomic E-state index is 0.614. The molecule has 1 aromatic heterocycles. The number of aryl methyl sites for hydroxylation is 1. The number of hydrogen-bond acceptors (Lipinski definition) is 3. The Labute approximate surface area is 104 Å². The van der Waals surface area contributed by atoms with Gasteiger partial charge in [-0.3, -0.25) is 4.98 Å². The van der Waals surface area contributed by atoms with Crippen LogP contribution in [-0.2, 0) is 0 Å². The largest absolute Gasteiger partial charge is 0.367 e. The van der Waals surface area contributed by atoms with Crippen molar-refractivity contribution in [1.29, 1.82) is 0 Å². The molecule has 0 aliphatic carbocycles. The van der Waals surface area contributed by atoms with Crippen molar-refractivity contribution in [1.82, 2.24) is 10.3 Å². The van der Waals surface area contributed by atoms with Crippen LogP contribution in [-0.4, -0.2) is 30.7 Å². The average molecular weight is 233 g/mol. The molecule has 0 radical (unpaired) electrons. The van der Waals surface area contributed by atoms with E-state index in [1.807, 2.05) is 12.4 Å². The Kier molecular flexibility index (Phi) is 4.00. The van der Waals surface area contributed by atoms with Crippen LogP contribution in [0.5, 0.6) is 0 Å². The lowest BCUT2D eigenvalue weighted by molar-refractivity contribution is 0.388. The first kappa shape index (κ1) is 12.4. The van der Waals surface area contributed by atoms with Gasteiger partial charge in [-0.25, -0.2) is 0 Å². The molecule has 1 atom stereocenters. The van der Waals surface area contributed by atoms with E-state index in [1.165, 1.54) is 17.7 Å². The summed E-state index contributed by atoms with van der Waals surface area (Å²) in [5, 5.41) is 3.61. The average Bonchev–Trinajstić information content (AvgIpc) is 2.29. The molecule has 1 N–H and O–H groups in total. The lowest BCUT2D eigenvalue weighted by Gasteiger charge is -2.36. The zero-order valence-electron chi connectivity index (χ0n) is 11.1. The molecule has 3 nitrogen and oxygen atoms in total. The van der Waals surface area contributed by atoms with Crippen molar-refractivity contribution in [2.45, 2.75) is 33.2 Å². The molecular weight excluding hydrogens is 210 g/mol. The van der Waals surface area contributed by atoms with Crippen molar-refractivity contribution in [3.05, 3.63) is 24.0 Å². The third-order valence-corrected chi connectivity index (χ3v) is 3.36. The first-order valence-electron chi connectivity index (χ1n) is 6.55. The fourth-order valence-corrected chi connectivity index (χ4v) is 2.56. The van der Waals surface area contributed by atoms with Crippen LogP contribution >= 0.6 is 0 Å². The topological polar surface area (TPSA) is 28.2 Å². The standard InChI is InChI=1S/C14H23N3/c1-11(2)8-13-10-17(7-6-16-13)14-9-15-5-4-12(14)3/h4-5,9,11,13,16H,6-8,10H2,1-3H3. The second-order valence-electron chi connectivity index (χ2n) is 5.39. The minimum Gasteiger partial charge on any atom is -0.367 e. The van der Waals surface area contributed by atoms with Gasteiger partial charge in [-0.05, 0) is 30.9 Å². The molecular formula is C14H23N3. The smallest absolute Gasteiger partial charge is 0.0583 e.